The van der Waals surface area contributed by atoms with Crippen molar-refractivity contribution in [1.29, 1.82) is 0 Å². The molecule has 0 saturated heterocycles. The van der Waals surface area contributed by atoms with Gasteiger partial charge in [-0.15, -0.1) is 0 Å². The Kier molecular flexibility index (Phi) is 3.57. The highest BCUT2D eigenvalue weighted by Gasteiger charge is 2.29. The van der Waals surface area contributed by atoms with Crippen molar-refractivity contribution in [3.63, 3.8) is 0 Å². The zero-order valence-corrected chi connectivity index (χ0v) is 12.6. The first-order chi connectivity index (χ1) is 9.58. The zero-order chi connectivity index (χ0) is 14.3. The third kappa shape index (κ3) is 2.25. The van der Waals surface area contributed by atoms with Gasteiger partial charge in [0.15, 0.2) is 0 Å². The maximum Gasteiger partial charge on any atom is 0.130 e. The average molecular weight is 291 g/mol. The topological polar surface area (TPSA) is 38.0 Å². The van der Waals surface area contributed by atoms with Crippen molar-refractivity contribution in [2.75, 3.05) is 0 Å². The molecule has 0 saturated carbocycles. The van der Waals surface area contributed by atoms with E-state index in [1.807, 2.05) is 32.2 Å². The third-order valence-electron chi connectivity index (χ3n) is 4.34. The summed E-state index contributed by atoms with van der Waals surface area (Å²) in [5.41, 5.74) is 4.37. The molecule has 3 rings (SSSR count). The highest BCUT2D eigenvalue weighted by molar-refractivity contribution is 6.30. The molecule has 1 aromatic heterocycles. The number of hydrogen-bond donors (Lipinski definition) is 1. The van der Waals surface area contributed by atoms with E-state index in [1.54, 1.807) is 4.68 Å². The third-order valence-corrected chi connectivity index (χ3v) is 4.81. The normalized spacial score (nSPS) is 21.8. The quantitative estimate of drug-likeness (QED) is 0.922. The van der Waals surface area contributed by atoms with Crippen LogP contribution in [0.25, 0.3) is 0 Å². The average Bonchev–Trinajstić information content (AvgIpc) is 2.68. The van der Waals surface area contributed by atoms with Crippen molar-refractivity contribution in [2.45, 2.75) is 32.3 Å². The molecule has 0 spiro atoms. The van der Waals surface area contributed by atoms with E-state index in [2.05, 4.69) is 11.2 Å². The van der Waals surface area contributed by atoms with Gasteiger partial charge in [0.05, 0.1) is 11.8 Å². The maximum absolute atomic E-state index is 10.6. The summed E-state index contributed by atoms with van der Waals surface area (Å²) >= 11 is 6.30. The Morgan fingerprint density at radius 3 is 2.85 bits per heavy atom. The number of benzene rings is 1. The van der Waals surface area contributed by atoms with Crippen LogP contribution in [0, 0.1) is 12.8 Å². The number of hydrogen-bond acceptors (Lipinski definition) is 2. The smallest absolute Gasteiger partial charge is 0.130 e. The zero-order valence-electron chi connectivity index (χ0n) is 11.8. The monoisotopic (exact) mass is 290 g/mol. The summed E-state index contributed by atoms with van der Waals surface area (Å²) in [6, 6.07) is 8.17. The van der Waals surface area contributed by atoms with E-state index in [9.17, 15) is 5.11 Å². The lowest BCUT2D eigenvalue weighted by atomic mass is 9.78. The first-order valence-electron chi connectivity index (χ1n) is 7.01. The van der Waals surface area contributed by atoms with Crippen molar-refractivity contribution >= 4 is 11.6 Å². The van der Waals surface area contributed by atoms with E-state index in [4.69, 9.17) is 11.6 Å². The molecule has 0 aliphatic heterocycles. The highest BCUT2D eigenvalue weighted by Crippen LogP contribution is 2.37. The molecule has 1 N–H and O–H groups in total. The Morgan fingerprint density at radius 2 is 2.15 bits per heavy atom. The van der Waals surface area contributed by atoms with Gasteiger partial charge in [-0.2, -0.15) is 5.10 Å². The standard InChI is InChI=1S/C16H19ClN2O/c1-10-14(16(17)19(2)18-10)9-12-8-7-11-5-3-4-6-13(11)15(12)20/h3-6,12,15,20H,7-9H2,1-2H3. The molecule has 3 nitrogen and oxygen atoms in total. The van der Waals surface area contributed by atoms with Crippen molar-refractivity contribution < 1.29 is 5.11 Å². The van der Waals surface area contributed by atoms with Crippen LogP contribution in [0.4, 0.5) is 0 Å². The number of aliphatic hydroxyl groups excluding tert-OH is 1. The van der Waals surface area contributed by atoms with Gasteiger partial charge in [-0.3, -0.25) is 4.68 Å². The summed E-state index contributed by atoms with van der Waals surface area (Å²) in [6.07, 6.45) is 2.39. The van der Waals surface area contributed by atoms with Crippen molar-refractivity contribution in [2.24, 2.45) is 13.0 Å². The fourth-order valence-corrected chi connectivity index (χ4v) is 3.44. The molecule has 0 radical (unpaired) electrons. The number of rotatable bonds is 2. The van der Waals surface area contributed by atoms with Gasteiger partial charge in [-0.1, -0.05) is 35.9 Å². The van der Waals surface area contributed by atoms with Gasteiger partial charge >= 0.3 is 0 Å². The summed E-state index contributed by atoms with van der Waals surface area (Å²) in [6.45, 7) is 1.98. The minimum absolute atomic E-state index is 0.213. The van der Waals surface area contributed by atoms with Crippen LogP contribution in [-0.2, 0) is 19.9 Å². The molecule has 0 fully saturated rings. The number of aromatic nitrogens is 2. The second-order valence-electron chi connectivity index (χ2n) is 5.62. The van der Waals surface area contributed by atoms with Gasteiger partial charge in [0, 0.05) is 12.6 Å². The Hall–Kier alpha value is -1.32. The van der Waals surface area contributed by atoms with Crippen LogP contribution >= 0.6 is 11.6 Å². The molecule has 4 heteroatoms. The second-order valence-corrected chi connectivity index (χ2v) is 5.98. The van der Waals surface area contributed by atoms with Crippen molar-refractivity contribution in [3.8, 4) is 0 Å². The number of nitrogens with zero attached hydrogens (tertiary/aromatic N) is 2. The second kappa shape index (κ2) is 5.23. The summed E-state index contributed by atoms with van der Waals surface area (Å²) in [4.78, 5) is 0. The molecule has 20 heavy (non-hydrogen) atoms. The highest BCUT2D eigenvalue weighted by atomic mass is 35.5. The number of halogens is 1. The van der Waals surface area contributed by atoms with Crippen LogP contribution in [0.15, 0.2) is 24.3 Å². The van der Waals surface area contributed by atoms with Crippen LogP contribution in [0.1, 0.15) is 34.9 Å². The SMILES string of the molecule is Cc1nn(C)c(Cl)c1CC1CCc2ccccc2C1O. The lowest BCUT2D eigenvalue weighted by Gasteiger charge is -2.30. The van der Waals surface area contributed by atoms with Gasteiger partial charge < -0.3 is 5.11 Å². The fraction of sp³-hybridized carbons (Fsp3) is 0.438. The molecule has 1 aromatic carbocycles. The van der Waals surface area contributed by atoms with E-state index in [-0.39, 0.29) is 5.92 Å². The van der Waals surface area contributed by atoms with E-state index in [0.29, 0.717) is 5.15 Å². The Morgan fingerprint density at radius 1 is 1.40 bits per heavy atom. The lowest BCUT2D eigenvalue weighted by molar-refractivity contribution is 0.0936. The van der Waals surface area contributed by atoms with Gasteiger partial charge in [-0.25, -0.2) is 0 Å². The Labute approximate surface area is 124 Å². The van der Waals surface area contributed by atoms with Gasteiger partial charge in [0.25, 0.3) is 0 Å². The first-order valence-corrected chi connectivity index (χ1v) is 7.39. The van der Waals surface area contributed by atoms with E-state index in [1.165, 1.54) is 5.56 Å². The maximum atomic E-state index is 10.6. The predicted octanol–water partition coefficient (Wildman–Crippen LogP) is 3.22. The van der Waals surface area contributed by atoms with E-state index >= 15 is 0 Å². The van der Waals surface area contributed by atoms with Crippen molar-refractivity contribution in [1.82, 2.24) is 9.78 Å². The molecule has 2 aromatic rings. The number of aliphatic hydroxyl groups is 1. The summed E-state index contributed by atoms with van der Waals surface area (Å²) in [7, 11) is 1.85. The molecule has 1 aliphatic rings. The van der Waals surface area contributed by atoms with Gasteiger partial charge in [0.1, 0.15) is 5.15 Å². The molecule has 1 aliphatic carbocycles. The largest absolute Gasteiger partial charge is 0.388 e. The van der Waals surface area contributed by atoms with Crippen LogP contribution in [0.3, 0.4) is 0 Å². The number of fused-ring (bicyclic) bond motifs is 1. The summed E-state index contributed by atoms with van der Waals surface area (Å²) < 4.78 is 1.70. The molecule has 1 heterocycles. The van der Waals surface area contributed by atoms with Crippen molar-refractivity contribution in [3.05, 3.63) is 51.8 Å². The van der Waals surface area contributed by atoms with E-state index in [0.717, 1.165) is 36.1 Å². The molecule has 0 amide bonds. The molecule has 0 bridgehead atoms. The Balaban J connectivity index is 1.86. The molecular formula is C16H19ClN2O. The summed E-state index contributed by atoms with van der Waals surface area (Å²) in [5, 5.41) is 15.6. The molecule has 2 atom stereocenters. The minimum Gasteiger partial charge on any atom is -0.388 e. The van der Waals surface area contributed by atoms with Crippen LogP contribution in [-0.4, -0.2) is 14.9 Å². The summed E-state index contributed by atoms with van der Waals surface area (Å²) in [5.74, 6) is 0.213. The van der Waals surface area contributed by atoms with Crippen LogP contribution < -0.4 is 0 Å². The fourth-order valence-electron chi connectivity index (χ4n) is 3.18. The van der Waals surface area contributed by atoms with Crippen LogP contribution in [0.2, 0.25) is 5.15 Å². The van der Waals surface area contributed by atoms with Gasteiger partial charge in [-0.05, 0) is 43.2 Å². The molecule has 106 valence electrons. The predicted molar refractivity (Wildman–Crippen MR) is 79.9 cm³/mol. The van der Waals surface area contributed by atoms with E-state index < -0.39 is 6.10 Å². The molecule has 2 unspecified atom stereocenters. The lowest BCUT2D eigenvalue weighted by Crippen LogP contribution is -2.22. The van der Waals surface area contributed by atoms with Crippen LogP contribution in [0.5, 0.6) is 0 Å². The first kappa shape index (κ1) is 13.7. The molecular weight excluding hydrogens is 272 g/mol. The minimum atomic E-state index is -0.407. The van der Waals surface area contributed by atoms with Gasteiger partial charge in [0.2, 0.25) is 0 Å². The Bertz CT molecular complexity index is 635. The number of aryl methyl sites for hydroxylation is 3.